The van der Waals surface area contributed by atoms with Gasteiger partial charge in [-0.25, -0.2) is 4.98 Å². The van der Waals surface area contributed by atoms with Crippen molar-refractivity contribution in [3.63, 3.8) is 0 Å². The molecular formula is C24H25F3N8O2. The molecule has 0 unspecified atom stereocenters. The zero-order valence-electron chi connectivity index (χ0n) is 20.5. The Morgan fingerprint density at radius 2 is 1.81 bits per heavy atom. The van der Waals surface area contributed by atoms with E-state index in [-0.39, 0.29) is 34.6 Å². The minimum atomic E-state index is -4.67. The number of halogens is 3. The number of nitrogens with zero attached hydrogens (tertiary/aromatic N) is 6. The van der Waals surface area contributed by atoms with Crippen molar-refractivity contribution in [1.29, 1.82) is 0 Å². The Labute approximate surface area is 209 Å². The van der Waals surface area contributed by atoms with E-state index >= 15 is 0 Å². The number of nitrogens with two attached hydrogens (primary N) is 1. The van der Waals surface area contributed by atoms with Crippen LogP contribution in [0.2, 0.25) is 0 Å². The lowest BCUT2D eigenvalue weighted by Gasteiger charge is -2.15. The number of anilines is 2. The molecule has 10 nitrogen and oxygen atoms in total. The van der Waals surface area contributed by atoms with Crippen LogP contribution < -0.4 is 11.1 Å². The zero-order chi connectivity index (χ0) is 27.1. The largest absolute Gasteiger partial charge is 0.433 e. The van der Waals surface area contributed by atoms with E-state index in [0.717, 1.165) is 10.9 Å². The predicted molar refractivity (Wildman–Crippen MR) is 130 cm³/mol. The molecule has 0 radical (unpaired) electrons. The number of amides is 1. The molecule has 0 fully saturated rings. The van der Waals surface area contributed by atoms with E-state index < -0.39 is 30.2 Å². The molecule has 0 aliphatic heterocycles. The summed E-state index contributed by atoms with van der Waals surface area (Å²) in [5.41, 5.74) is 5.66. The van der Waals surface area contributed by atoms with Crippen LogP contribution in [-0.4, -0.2) is 41.0 Å². The van der Waals surface area contributed by atoms with Gasteiger partial charge in [-0.15, -0.1) is 0 Å². The highest BCUT2D eigenvalue weighted by molar-refractivity contribution is 6.16. The molecule has 0 saturated carbocycles. The number of hydrogen-bond acceptors (Lipinski definition) is 7. The number of nitrogen functional groups attached to an aromatic ring is 1. The van der Waals surface area contributed by atoms with Crippen LogP contribution in [0.15, 0.2) is 37.1 Å². The number of carbonyl (C=O) groups excluding carboxylic acids is 2. The monoisotopic (exact) mass is 514 g/mol. The number of alkyl halides is 3. The van der Waals surface area contributed by atoms with E-state index in [0.29, 0.717) is 16.6 Å². The lowest BCUT2D eigenvalue weighted by atomic mass is 10.1. The number of fused-ring (bicyclic) bond motifs is 1. The number of pyridine rings is 1. The van der Waals surface area contributed by atoms with Crippen molar-refractivity contribution in [3.8, 4) is 0 Å². The van der Waals surface area contributed by atoms with Crippen molar-refractivity contribution in [2.75, 3.05) is 11.1 Å². The highest BCUT2D eigenvalue weighted by atomic mass is 19.4. The quantitative estimate of drug-likeness (QED) is 0.353. The molecule has 3 N–H and O–H groups in total. The van der Waals surface area contributed by atoms with Gasteiger partial charge in [0.25, 0.3) is 0 Å². The van der Waals surface area contributed by atoms with Crippen LogP contribution in [0.3, 0.4) is 0 Å². The number of hydrogen-bond donors (Lipinski definition) is 2. The Morgan fingerprint density at radius 3 is 2.46 bits per heavy atom. The van der Waals surface area contributed by atoms with Crippen LogP contribution in [0, 0.1) is 0 Å². The average molecular weight is 515 g/mol. The first-order valence-electron chi connectivity index (χ1n) is 11.4. The second-order valence-electron chi connectivity index (χ2n) is 9.08. The summed E-state index contributed by atoms with van der Waals surface area (Å²) in [6.07, 6.45) is 1.58. The maximum absolute atomic E-state index is 13.6. The Bertz CT molecular complexity index is 1490. The Balaban J connectivity index is 1.59. The molecule has 4 rings (SSSR count). The molecule has 0 aliphatic carbocycles. The summed E-state index contributed by atoms with van der Waals surface area (Å²) in [5, 5.41) is 6.82. The maximum Gasteiger partial charge on any atom is 0.433 e. The third kappa shape index (κ3) is 5.15. The lowest BCUT2D eigenvalue weighted by Crippen LogP contribution is -2.21. The molecule has 0 aromatic carbocycles. The van der Waals surface area contributed by atoms with Gasteiger partial charge in [0.15, 0.2) is 5.78 Å². The van der Waals surface area contributed by atoms with E-state index in [2.05, 4.69) is 25.4 Å². The van der Waals surface area contributed by atoms with Crippen LogP contribution in [0.4, 0.5) is 24.8 Å². The van der Waals surface area contributed by atoms with Crippen molar-refractivity contribution >= 4 is 34.4 Å². The average Bonchev–Trinajstić information content (AvgIpc) is 3.40. The fourth-order valence-electron chi connectivity index (χ4n) is 4.01. The van der Waals surface area contributed by atoms with Gasteiger partial charge in [0.1, 0.15) is 11.3 Å². The zero-order valence-corrected chi connectivity index (χ0v) is 20.5. The first-order chi connectivity index (χ1) is 17.4. The van der Waals surface area contributed by atoms with Crippen LogP contribution in [0.25, 0.3) is 11.0 Å². The van der Waals surface area contributed by atoms with E-state index in [4.69, 9.17) is 5.73 Å². The van der Waals surface area contributed by atoms with Gasteiger partial charge in [0, 0.05) is 47.2 Å². The van der Waals surface area contributed by atoms with Gasteiger partial charge in [-0.3, -0.25) is 19.3 Å². The fraction of sp³-hybridized carbons (Fsp3) is 0.333. The highest BCUT2D eigenvalue weighted by Gasteiger charge is 2.39. The Morgan fingerprint density at radius 1 is 1.08 bits per heavy atom. The number of aromatic nitrogens is 6. The molecule has 0 saturated heterocycles. The van der Waals surface area contributed by atoms with Gasteiger partial charge in [-0.05, 0) is 33.8 Å². The Kier molecular flexibility index (Phi) is 6.72. The second kappa shape index (κ2) is 9.64. The summed E-state index contributed by atoms with van der Waals surface area (Å²) < 4.78 is 43.5. The van der Waals surface area contributed by atoms with Gasteiger partial charge in [-0.1, -0.05) is 0 Å². The topological polar surface area (TPSA) is 134 Å². The van der Waals surface area contributed by atoms with Gasteiger partial charge < -0.3 is 15.6 Å². The van der Waals surface area contributed by atoms with Gasteiger partial charge >= 0.3 is 6.18 Å². The van der Waals surface area contributed by atoms with Crippen molar-refractivity contribution < 1.29 is 22.8 Å². The molecule has 0 aliphatic rings. The summed E-state index contributed by atoms with van der Waals surface area (Å²) in [6, 6.07) is 0.860. The molecular weight excluding hydrogens is 489 g/mol. The highest BCUT2D eigenvalue weighted by Crippen LogP contribution is 2.34. The number of rotatable bonds is 7. The van der Waals surface area contributed by atoms with Crippen LogP contribution >= 0.6 is 0 Å². The normalized spacial score (nSPS) is 12.0. The molecule has 0 atom stereocenters. The Hall–Kier alpha value is -4.29. The number of carbonyl (C=O) groups is 2. The molecule has 0 spiro atoms. The second-order valence-corrected chi connectivity index (χ2v) is 9.08. The van der Waals surface area contributed by atoms with Crippen LogP contribution in [0.5, 0.6) is 0 Å². The van der Waals surface area contributed by atoms with Crippen LogP contribution in [0.1, 0.15) is 67.0 Å². The fourth-order valence-corrected chi connectivity index (χ4v) is 4.01. The number of nitrogens with one attached hydrogen (secondary N) is 1. The van der Waals surface area contributed by atoms with Crippen molar-refractivity contribution in [2.45, 2.75) is 52.4 Å². The SMILES string of the molecule is CC(C)n1ncc(CC(=O)Nc2cncc(C(=O)c3cn(C(C)C)c4nc(N)ncc34)c2)c1C(F)(F)F. The molecule has 4 heterocycles. The summed E-state index contributed by atoms with van der Waals surface area (Å²) in [5.74, 6) is -1.02. The number of ketones is 1. The minimum absolute atomic E-state index is 0.0104. The molecule has 13 heteroatoms. The molecule has 194 valence electrons. The molecule has 0 bridgehead atoms. The van der Waals surface area contributed by atoms with E-state index in [1.165, 1.54) is 24.7 Å². The summed E-state index contributed by atoms with van der Waals surface area (Å²) in [4.78, 5) is 38.2. The predicted octanol–water partition coefficient (Wildman–Crippen LogP) is 4.20. The summed E-state index contributed by atoms with van der Waals surface area (Å²) in [6.45, 7) is 7.00. The van der Waals surface area contributed by atoms with E-state index in [1.807, 2.05) is 13.8 Å². The molecule has 37 heavy (non-hydrogen) atoms. The standard InChI is InChI=1S/C24H25F3N8O2/c1-12(2)34-11-18(17-10-30-23(28)33-22(17)34)20(37)14-5-16(9-29-7-14)32-19(36)6-15-8-31-35(13(3)4)21(15)24(25,26)27/h5,7-13H,6H2,1-4H3,(H,32,36)(H2,28,30,33). The van der Waals surface area contributed by atoms with Gasteiger partial charge in [0.2, 0.25) is 11.9 Å². The van der Waals surface area contributed by atoms with Crippen molar-refractivity contribution in [2.24, 2.45) is 0 Å². The van der Waals surface area contributed by atoms with Crippen LogP contribution in [-0.2, 0) is 17.4 Å². The van der Waals surface area contributed by atoms with Crippen molar-refractivity contribution in [3.05, 3.63) is 59.4 Å². The van der Waals surface area contributed by atoms with Gasteiger partial charge in [-0.2, -0.15) is 23.3 Å². The molecule has 4 aromatic rings. The summed E-state index contributed by atoms with van der Waals surface area (Å²) in [7, 11) is 0. The minimum Gasteiger partial charge on any atom is -0.368 e. The molecule has 4 aromatic heterocycles. The third-order valence-corrected chi connectivity index (χ3v) is 5.66. The lowest BCUT2D eigenvalue weighted by molar-refractivity contribution is -0.145. The maximum atomic E-state index is 13.6. The summed E-state index contributed by atoms with van der Waals surface area (Å²) >= 11 is 0. The third-order valence-electron chi connectivity index (χ3n) is 5.66. The van der Waals surface area contributed by atoms with E-state index in [1.54, 1.807) is 24.6 Å². The molecule has 1 amide bonds. The van der Waals surface area contributed by atoms with E-state index in [9.17, 15) is 22.8 Å². The first kappa shape index (κ1) is 25.8. The smallest absolute Gasteiger partial charge is 0.368 e. The van der Waals surface area contributed by atoms with Gasteiger partial charge in [0.05, 0.1) is 30.1 Å². The van der Waals surface area contributed by atoms with Crippen molar-refractivity contribution in [1.82, 2.24) is 29.3 Å². The first-order valence-corrected chi connectivity index (χ1v) is 11.4.